The summed E-state index contributed by atoms with van der Waals surface area (Å²) < 4.78 is 41.7. The molecule has 3 heteroatoms. The van der Waals surface area contributed by atoms with Crippen LogP contribution in [0.15, 0.2) is 72.6 Å². The molecule has 0 radical (unpaired) electrons. The van der Waals surface area contributed by atoms with E-state index in [-0.39, 0.29) is 0 Å². The normalized spacial score (nSPS) is 24.6. The van der Waals surface area contributed by atoms with Crippen LogP contribution >= 0.6 is 0 Å². The Hall–Kier alpha value is -2.29. The first-order chi connectivity index (χ1) is 10.5. The predicted molar refractivity (Wildman–Crippen MR) is 83.5 cm³/mol. The molecule has 1 aliphatic rings. The molecule has 0 fully saturated rings. The highest BCUT2D eigenvalue weighted by atomic mass is 19.2. The van der Waals surface area contributed by atoms with Gasteiger partial charge in [-0.05, 0) is 41.3 Å². The number of hydrogen-bond acceptors (Lipinski definition) is 0. The Morgan fingerprint density at radius 1 is 0.909 bits per heavy atom. The van der Waals surface area contributed by atoms with Crippen LogP contribution in [0.2, 0.25) is 0 Å². The molecule has 2 atom stereocenters. The molecule has 0 bridgehead atoms. The van der Waals surface area contributed by atoms with Gasteiger partial charge in [0.25, 0.3) is 0 Å². The van der Waals surface area contributed by atoms with Gasteiger partial charge in [-0.1, -0.05) is 54.6 Å². The summed E-state index contributed by atoms with van der Waals surface area (Å²) in [5, 5.41) is 0. The van der Waals surface area contributed by atoms with E-state index in [2.05, 4.69) is 0 Å². The molecule has 0 saturated carbocycles. The fraction of sp³-hybridized carbons (Fsp3) is 0.158. The minimum absolute atomic E-state index is 0.361. The predicted octanol–water partition coefficient (Wildman–Crippen LogP) is 5.67. The van der Waals surface area contributed by atoms with E-state index >= 15 is 0 Å². The maximum atomic E-state index is 13.9. The Kier molecular flexibility index (Phi) is 3.65. The van der Waals surface area contributed by atoms with Crippen LogP contribution in [-0.4, -0.2) is 11.8 Å². The van der Waals surface area contributed by atoms with E-state index in [9.17, 15) is 13.2 Å². The molecule has 0 heterocycles. The topological polar surface area (TPSA) is 0 Å². The highest BCUT2D eigenvalue weighted by Crippen LogP contribution is 2.39. The lowest BCUT2D eigenvalue weighted by Gasteiger charge is -2.26. The van der Waals surface area contributed by atoms with Crippen molar-refractivity contribution in [2.24, 2.45) is 0 Å². The second kappa shape index (κ2) is 5.48. The van der Waals surface area contributed by atoms with E-state index in [1.807, 2.05) is 42.5 Å². The van der Waals surface area contributed by atoms with Crippen molar-refractivity contribution in [3.05, 3.63) is 78.1 Å². The third-order valence-corrected chi connectivity index (χ3v) is 3.92. The first kappa shape index (κ1) is 14.6. The van der Waals surface area contributed by atoms with Crippen molar-refractivity contribution in [2.45, 2.75) is 18.8 Å². The number of hydrogen-bond donors (Lipinski definition) is 0. The quantitative estimate of drug-likeness (QED) is 0.670. The van der Waals surface area contributed by atoms with Crippen molar-refractivity contribution in [2.75, 3.05) is 0 Å². The number of rotatable bonds is 2. The Labute approximate surface area is 127 Å². The van der Waals surface area contributed by atoms with Gasteiger partial charge in [-0.25, -0.2) is 13.2 Å². The summed E-state index contributed by atoms with van der Waals surface area (Å²) >= 11 is 0. The molecule has 2 aromatic rings. The van der Waals surface area contributed by atoms with Crippen molar-refractivity contribution in [1.29, 1.82) is 0 Å². The number of benzene rings is 2. The SMILES string of the molecule is CC1(F)C(F)=CC(c2ccccc2-c2ccccc2)=CC1F. The minimum Gasteiger partial charge on any atom is -0.239 e. The van der Waals surface area contributed by atoms with Gasteiger partial charge in [0.15, 0.2) is 11.8 Å². The molecular weight excluding hydrogens is 285 g/mol. The third-order valence-electron chi connectivity index (χ3n) is 3.92. The van der Waals surface area contributed by atoms with Gasteiger partial charge in [-0.3, -0.25) is 0 Å². The third kappa shape index (κ3) is 2.47. The molecule has 0 N–H and O–H groups in total. The zero-order valence-corrected chi connectivity index (χ0v) is 12.1. The highest BCUT2D eigenvalue weighted by molar-refractivity contribution is 5.86. The van der Waals surface area contributed by atoms with Crippen LogP contribution < -0.4 is 0 Å². The lowest BCUT2D eigenvalue weighted by atomic mass is 9.86. The largest absolute Gasteiger partial charge is 0.239 e. The first-order valence-corrected chi connectivity index (χ1v) is 7.07. The monoisotopic (exact) mass is 300 g/mol. The Bertz CT molecular complexity index is 742. The second-order valence-corrected chi connectivity index (χ2v) is 5.50. The maximum Gasteiger partial charge on any atom is 0.193 e. The molecular formula is C19H15F3. The Morgan fingerprint density at radius 2 is 1.50 bits per heavy atom. The smallest absolute Gasteiger partial charge is 0.193 e. The molecule has 22 heavy (non-hydrogen) atoms. The number of alkyl halides is 2. The van der Waals surface area contributed by atoms with E-state index in [1.165, 1.54) is 0 Å². The average Bonchev–Trinajstić information content (AvgIpc) is 2.53. The van der Waals surface area contributed by atoms with Crippen LogP contribution in [0.3, 0.4) is 0 Å². The van der Waals surface area contributed by atoms with E-state index < -0.39 is 17.7 Å². The van der Waals surface area contributed by atoms with Crippen molar-refractivity contribution >= 4 is 5.57 Å². The van der Waals surface area contributed by atoms with Crippen molar-refractivity contribution in [3.63, 3.8) is 0 Å². The Balaban J connectivity index is 2.12. The molecule has 0 aliphatic heterocycles. The molecule has 3 rings (SSSR count). The van der Waals surface area contributed by atoms with Crippen LogP contribution in [0.4, 0.5) is 13.2 Å². The zero-order chi connectivity index (χ0) is 15.7. The molecule has 0 aromatic heterocycles. The van der Waals surface area contributed by atoms with Crippen LogP contribution in [-0.2, 0) is 0 Å². The molecule has 0 nitrogen and oxygen atoms in total. The first-order valence-electron chi connectivity index (χ1n) is 7.07. The molecule has 2 unspecified atom stereocenters. The van der Waals surface area contributed by atoms with Gasteiger partial charge in [-0.15, -0.1) is 0 Å². The summed E-state index contributed by atoms with van der Waals surface area (Å²) in [7, 11) is 0. The van der Waals surface area contributed by atoms with E-state index in [1.54, 1.807) is 12.1 Å². The molecule has 2 aromatic carbocycles. The number of allylic oxidation sites excluding steroid dienone is 4. The summed E-state index contributed by atoms with van der Waals surface area (Å²) in [4.78, 5) is 0. The van der Waals surface area contributed by atoms with Gasteiger partial charge in [-0.2, -0.15) is 0 Å². The van der Waals surface area contributed by atoms with Gasteiger partial charge >= 0.3 is 0 Å². The lowest BCUT2D eigenvalue weighted by Crippen LogP contribution is -2.33. The van der Waals surface area contributed by atoms with Crippen LogP contribution in [0, 0.1) is 0 Å². The fourth-order valence-corrected chi connectivity index (χ4v) is 2.54. The maximum absolute atomic E-state index is 13.9. The van der Waals surface area contributed by atoms with Crippen LogP contribution in [0.25, 0.3) is 16.7 Å². The zero-order valence-electron chi connectivity index (χ0n) is 12.1. The summed E-state index contributed by atoms with van der Waals surface area (Å²) in [5.74, 6) is -1.08. The molecule has 1 aliphatic carbocycles. The van der Waals surface area contributed by atoms with Crippen molar-refractivity contribution in [3.8, 4) is 11.1 Å². The van der Waals surface area contributed by atoms with Crippen molar-refractivity contribution < 1.29 is 13.2 Å². The van der Waals surface area contributed by atoms with Gasteiger partial charge in [0.05, 0.1) is 0 Å². The summed E-state index contributed by atoms with van der Waals surface area (Å²) in [6, 6.07) is 16.9. The number of halogens is 3. The molecule has 0 amide bonds. The second-order valence-electron chi connectivity index (χ2n) is 5.50. The average molecular weight is 300 g/mol. The van der Waals surface area contributed by atoms with E-state index in [0.29, 0.717) is 11.1 Å². The summed E-state index contributed by atoms with van der Waals surface area (Å²) in [6.45, 7) is 0.917. The van der Waals surface area contributed by atoms with Gasteiger partial charge < -0.3 is 0 Å². The minimum atomic E-state index is -2.59. The standard InChI is InChI=1S/C19H15F3/c1-19(22)17(20)11-14(12-18(19)21)16-10-6-5-9-15(16)13-7-3-2-4-8-13/h2-12,17H,1H3. The summed E-state index contributed by atoms with van der Waals surface area (Å²) in [5.41, 5.74) is 0.247. The van der Waals surface area contributed by atoms with E-state index in [4.69, 9.17) is 0 Å². The fourth-order valence-electron chi connectivity index (χ4n) is 2.54. The summed E-state index contributed by atoms with van der Waals surface area (Å²) in [6.07, 6.45) is 0.222. The lowest BCUT2D eigenvalue weighted by molar-refractivity contribution is 0.107. The Morgan fingerprint density at radius 3 is 2.14 bits per heavy atom. The highest BCUT2D eigenvalue weighted by Gasteiger charge is 2.41. The van der Waals surface area contributed by atoms with E-state index in [0.717, 1.165) is 30.2 Å². The van der Waals surface area contributed by atoms with Gasteiger partial charge in [0, 0.05) is 0 Å². The van der Waals surface area contributed by atoms with Gasteiger partial charge in [0.2, 0.25) is 0 Å². The molecule has 0 spiro atoms. The van der Waals surface area contributed by atoms with Crippen molar-refractivity contribution in [1.82, 2.24) is 0 Å². The van der Waals surface area contributed by atoms with Crippen LogP contribution in [0.1, 0.15) is 12.5 Å². The van der Waals surface area contributed by atoms with Gasteiger partial charge in [0.1, 0.15) is 5.83 Å². The molecule has 0 saturated heterocycles. The molecule has 112 valence electrons. The van der Waals surface area contributed by atoms with Crippen LogP contribution in [0.5, 0.6) is 0 Å².